The Morgan fingerprint density at radius 3 is 2.07 bits per heavy atom. The highest BCUT2D eigenvalue weighted by Gasteiger charge is 2.28. The number of fused-ring (bicyclic) bond motifs is 3. The van der Waals surface area contributed by atoms with E-state index >= 15 is 0 Å². The summed E-state index contributed by atoms with van der Waals surface area (Å²) in [5, 5.41) is 0. The zero-order valence-corrected chi connectivity index (χ0v) is 26.9. The standard InChI is InChI=1S/C33H36N6.2C2H6/c1-38-18-4-8-29(38)32-34-21-28(36-32)24-15-12-22(13-16-24)10-11-23-14-17-26-25(20-23)6-3-7-27-31(26)37-33(35-27)30-9-5-19-39(30)2;2*1-2/h12-17,20-21,29-30H,3-9,18-19H2,1-2H3,(H,34,36)(H,35,37);2*1-2H3. The van der Waals surface area contributed by atoms with Crippen molar-refractivity contribution in [1.82, 2.24) is 29.7 Å². The van der Waals surface area contributed by atoms with Crippen molar-refractivity contribution in [1.29, 1.82) is 0 Å². The molecule has 0 radical (unpaired) electrons. The van der Waals surface area contributed by atoms with E-state index in [1.807, 2.05) is 33.9 Å². The molecule has 2 fully saturated rings. The monoisotopic (exact) mass is 576 g/mol. The Bertz CT molecular complexity index is 1550. The number of nitrogens with one attached hydrogen (secondary N) is 2. The predicted molar refractivity (Wildman–Crippen MR) is 178 cm³/mol. The largest absolute Gasteiger partial charge is 0.344 e. The van der Waals surface area contributed by atoms with E-state index < -0.39 is 0 Å². The third kappa shape index (κ3) is 6.64. The average Bonchev–Trinajstić information content (AvgIpc) is 3.85. The van der Waals surface area contributed by atoms with Crippen LogP contribution in [0.15, 0.2) is 48.7 Å². The minimum atomic E-state index is 0.403. The number of likely N-dealkylation sites (tertiary alicyclic amines) is 2. The van der Waals surface area contributed by atoms with Crippen molar-refractivity contribution in [2.24, 2.45) is 0 Å². The van der Waals surface area contributed by atoms with Gasteiger partial charge in [0.05, 0.1) is 29.7 Å². The lowest BCUT2D eigenvalue weighted by atomic mass is 9.99. The first kappa shape index (κ1) is 30.8. The highest BCUT2D eigenvalue weighted by molar-refractivity contribution is 5.69. The number of aromatic amines is 2. The summed E-state index contributed by atoms with van der Waals surface area (Å²) in [4.78, 5) is 21.8. The van der Waals surface area contributed by atoms with Crippen molar-refractivity contribution in [2.45, 2.75) is 84.7 Å². The van der Waals surface area contributed by atoms with Crippen LogP contribution in [0.4, 0.5) is 0 Å². The van der Waals surface area contributed by atoms with E-state index in [4.69, 9.17) is 4.98 Å². The fourth-order valence-electron chi connectivity index (χ4n) is 6.60. The van der Waals surface area contributed by atoms with Gasteiger partial charge in [-0.25, -0.2) is 9.97 Å². The summed E-state index contributed by atoms with van der Waals surface area (Å²) in [6.45, 7) is 10.3. The molecule has 2 atom stereocenters. The Hall–Kier alpha value is -3.66. The fraction of sp³-hybridized carbons (Fsp3) is 0.459. The Labute approximate surface area is 258 Å². The van der Waals surface area contributed by atoms with Gasteiger partial charge in [0, 0.05) is 22.4 Å². The third-order valence-corrected chi connectivity index (χ3v) is 8.85. The molecule has 0 bridgehead atoms. The molecule has 3 aliphatic rings. The zero-order valence-electron chi connectivity index (χ0n) is 26.9. The molecule has 0 saturated carbocycles. The van der Waals surface area contributed by atoms with E-state index in [1.54, 1.807) is 0 Å². The molecule has 2 N–H and O–H groups in total. The van der Waals surface area contributed by atoms with Gasteiger partial charge in [0.2, 0.25) is 0 Å². The van der Waals surface area contributed by atoms with Crippen LogP contribution in [0.5, 0.6) is 0 Å². The van der Waals surface area contributed by atoms with Crippen LogP contribution in [0.3, 0.4) is 0 Å². The number of benzene rings is 2. The zero-order chi connectivity index (χ0) is 30.3. The Morgan fingerprint density at radius 2 is 1.40 bits per heavy atom. The quantitative estimate of drug-likeness (QED) is 0.243. The lowest BCUT2D eigenvalue weighted by molar-refractivity contribution is 0.307. The second kappa shape index (κ2) is 14.2. The highest BCUT2D eigenvalue weighted by atomic mass is 15.2. The summed E-state index contributed by atoms with van der Waals surface area (Å²) in [5.74, 6) is 8.99. The van der Waals surface area contributed by atoms with Gasteiger partial charge in [-0.3, -0.25) is 9.80 Å². The van der Waals surface area contributed by atoms with Crippen LogP contribution < -0.4 is 0 Å². The second-order valence-corrected chi connectivity index (χ2v) is 11.5. The number of imidazole rings is 2. The average molecular weight is 577 g/mol. The number of aryl methyl sites for hydroxylation is 2. The molecule has 2 unspecified atom stereocenters. The first-order valence-electron chi connectivity index (χ1n) is 16.4. The first-order chi connectivity index (χ1) is 21.1. The molecule has 0 amide bonds. The maximum atomic E-state index is 5.13. The van der Waals surface area contributed by atoms with E-state index in [2.05, 4.69) is 93.2 Å². The third-order valence-electron chi connectivity index (χ3n) is 8.85. The predicted octanol–water partition coefficient (Wildman–Crippen LogP) is 7.94. The van der Waals surface area contributed by atoms with E-state index in [0.29, 0.717) is 12.1 Å². The minimum absolute atomic E-state index is 0.403. The van der Waals surface area contributed by atoms with Gasteiger partial charge in [-0.2, -0.15) is 0 Å². The normalized spacial score (nSPS) is 19.6. The lowest BCUT2D eigenvalue weighted by Crippen LogP contribution is -2.18. The van der Waals surface area contributed by atoms with Crippen LogP contribution in [-0.2, 0) is 12.8 Å². The molecule has 7 rings (SSSR count). The van der Waals surface area contributed by atoms with E-state index in [-0.39, 0.29) is 0 Å². The SMILES string of the molecule is CC.CC.CN1CCCC1c1ncc(-c2ccc(C#Cc3ccc4c(c3)CCCc3[nH]c(C5CCCN5C)nc3-4)cc2)[nH]1. The van der Waals surface area contributed by atoms with Crippen LogP contribution in [0.2, 0.25) is 0 Å². The van der Waals surface area contributed by atoms with Crippen LogP contribution in [0.25, 0.3) is 22.5 Å². The van der Waals surface area contributed by atoms with Crippen molar-refractivity contribution >= 4 is 0 Å². The van der Waals surface area contributed by atoms with Crippen molar-refractivity contribution < 1.29 is 0 Å². The maximum absolute atomic E-state index is 5.13. The summed E-state index contributed by atoms with van der Waals surface area (Å²) < 4.78 is 0. The summed E-state index contributed by atoms with van der Waals surface area (Å²) in [7, 11) is 4.39. The molecule has 6 heteroatoms. The van der Waals surface area contributed by atoms with Crippen LogP contribution in [-0.4, -0.2) is 56.9 Å². The first-order valence-corrected chi connectivity index (χ1v) is 16.4. The van der Waals surface area contributed by atoms with Crippen LogP contribution >= 0.6 is 0 Å². The van der Waals surface area contributed by atoms with E-state index in [1.165, 1.54) is 42.5 Å². The molecule has 2 aromatic carbocycles. The maximum Gasteiger partial charge on any atom is 0.124 e. The molecule has 1 aliphatic carbocycles. The smallest absolute Gasteiger partial charge is 0.124 e. The second-order valence-electron chi connectivity index (χ2n) is 11.5. The van der Waals surface area contributed by atoms with Gasteiger partial charge < -0.3 is 9.97 Å². The summed E-state index contributed by atoms with van der Waals surface area (Å²) in [6.07, 6.45) is 10.0. The Balaban J connectivity index is 0.000000885. The summed E-state index contributed by atoms with van der Waals surface area (Å²) >= 11 is 0. The minimum Gasteiger partial charge on any atom is -0.344 e. The fourth-order valence-corrected chi connectivity index (χ4v) is 6.60. The number of nitrogens with zero attached hydrogens (tertiary/aromatic N) is 4. The van der Waals surface area contributed by atoms with Gasteiger partial charge in [0.1, 0.15) is 11.6 Å². The molecule has 43 heavy (non-hydrogen) atoms. The lowest BCUT2D eigenvalue weighted by Gasteiger charge is -2.16. The summed E-state index contributed by atoms with van der Waals surface area (Å²) in [5.41, 5.74) is 9.35. The molecule has 6 nitrogen and oxygen atoms in total. The molecule has 226 valence electrons. The number of rotatable bonds is 3. The molecule has 0 spiro atoms. The topological polar surface area (TPSA) is 63.8 Å². The Morgan fingerprint density at radius 1 is 0.744 bits per heavy atom. The van der Waals surface area contributed by atoms with Gasteiger partial charge in [0.15, 0.2) is 0 Å². The van der Waals surface area contributed by atoms with Crippen LogP contribution in [0, 0.1) is 11.8 Å². The number of hydrogen-bond acceptors (Lipinski definition) is 4. The summed E-state index contributed by atoms with van der Waals surface area (Å²) in [6, 6.07) is 15.9. The number of H-pyrrole nitrogens is 2. The highest BCUT2D eigenvalue weighted by Crippen LogP contribution is 2.36. The van der Waals surface area contributed by atoms with E-state index in [9.17, 15) is 0 Å². The van der Waals surface area contributed by atoms with Crippen molar-refractivity contribution in [2.75, 3.05) is 27.2 Å². The van der Waals surface area contributed by atoms with Crippen molar-refractivity contribution in [3.8, 4) is 34.4 Å². The molecule has 4 heterocycles. The number of hydrogen-bond donors (Lipinski definition) is 2. The molecular weight excluding hydrogens is 528 g/mol. The molecular formula is C37H48N6. The number of aromatic nitrogens is 4. The van der Waals surface area contributed by atoms with Gasteiger partial charge in [0.25, 0.3) is 0 Å². The molecule has 2 aliphatic heterocycles. The van der Waals surface area contributed by atoms with Gasteiger partial charge in [-0.1, -0.05) is 57.7 Å². The molecule has 4 aromatic rings. The Kier molecular flexibility index (Phi) is 10.2. The van der Waals surface area contributed by atoms with Gasteiger partial charge in [-0.15, -0.1) is 0 Å². The van der Waals surface area contributed by atoms with E-state index in [0.717, 1.165) is 72.1 Å². The van der Waals surface area contributed by atoms with Gasteiger partial charge >= 0.3 is 0 Å². The van der Waals surface area contributed by atoms with Crippen molar-refractivity contribution in [3.63, 3.8) is 0 Å². The van der Waals surface area contributed by atoms with Gasteiger partial charge in [-0.05, 0) is 108 Å². The molecule has 2 saturated heterocycles. The molecule has 2 aromatic heterocycles. The van der Waals surface area contributed by atoms with Crippen LogP contribution in [0.1, 0.15) is 106 Å². The van der Waals surface area contributed by atoms with Crippen molar-refractivity contribution in [3.05, 3.63) is 82.7 Å².